The summed E-state index contributed by atoms with van der Waals surface area (Å²) < 4.78 is 0. The summed E-state index contributed by atoms with van der Waals surface area (Å²) in [5.41, 5.74) is 7.22. The molecule has 7 nitrogen and oxygen atoms in total. The molecule has 0 radical (unpaired) electrons. The first-order valence-electron chi connectivity index (χ1n) is 9.17. The van der Waals surface area contributed by atoms with Gasteiger partial charge in [0.15, 0.2) is 0 Å². The monoisotopic (exact) mass is 417 g/mol. The van der Waals surface area contributed by atoms with E-state index in [4.69, 9.17) is 11.6 Å². The molecule has 8 heteroatoms. The van der Waals surface area contributed by atoms with Gasteiger partial charge in [0.25, 0.3) is 0 Å². The highest BCUT2D eigenvalue weighted by Crippen LogP contribution is 2.25. The summed E-state index contributed by atoms with van der Waals surface area (Å²) in [6, 6.07) is 18.0. The fraction of sp³-hybridized carbons (Fsp3) is 0.286. The van der Waals surface area contributed by atoms with E-state index < -0.39 is 17.9 Å². The van der Waals surface area contributed by atoms with E-state index in [0.717, 1.165) is 11.1 Å². The van der Waals surface area contributed by atoms with Gasteiger partial charge in [-0.15, -0.1) is 12.4 Å². The van der Waals surface area contributed by atoms with Gasteiger partial charge in [0.2, 0.25) is 11.8 Å². The lowest BCUT2D eigenvalue weighted by molar-refractivity contribution is -0.127. The number of rotatable bonds is 10. The van der Waals surface area contributed by atoms with Crippen molar-refractivity contribution in [2.75, 3.05) is 7.05 Å². The van der Waals surface area contributed by atoms with E-state index >= 15 is 0 Å². The van der Waals surface area contributed by atoms with Crippen LogP contribution in [-0.2, 0) is 9.59 Å². The van der Waals surface area contributed by atoms with Crippen LogP contribution in [-0.4, -0.2) is 37.2 Å². The second-order valence-electron chi connectivity index (χ2n) is 6.49. The molecule has 0 fully saturated rings. The number of hydrogen-bond donors (Lipinski definition) is 4. The Morgan fingerprint density at radius 2 is 1.52 bits per heavy atom. The summed E-state index contributed by atoms with van der Waals surface area (Å²) in [5.74, 6) is 3.81. The number of hydrogen-bond acceptors (Lipinski definition) is 5. The van der Waals surface area contributed by atoms with Crippen molar-refractivity contribution in [3.8, 4) is 0 Å². The fourth-order valence-corrected chi connectivity index (χ4v) is 3.07. The minimum Gasteiger partial charge on any atom is -0.368 e. The zero-order valence-corrected chi connectivity index (χ0v) is 17.1. The molecule has 2 aromatic rings. The van der Waals surface area contributed by atoms with E-state index in [1.807, 2.05) is 60.7 Å². The number of amides is 2. The molecule has 0 saturated carbocycles. The highest BCUT2D eigenvalue weighted by atomic mass is 35.5. The van der Waals surface area contributed by atoms with Crippen LogP contribution < -0.4 is 22.2 Å². The maximum Gasteiger partial charge on any atom is 0.240 e. The second-order valence-corrected chi connectivity index (χ2v) is 6.49. The Morgan fingerprint density at radius 1 is 1.00 bits per heavy atom. The van der Waals surface area contributed by atoms with Crippen molar-refractivity contribution in [1.29, 1.82) is 0 Å². The van der Waals surface area contributed by atoms with Crippen molar-refractivity contribution in [1.82, 2.24) is 10.6 Å². The molecule has 2 atom stereocenters. The van der Waals surface area contributed by atoms with Gasteiger partial charge in [-0.1, -0.05) is 60.7 Å². The molecular formula is C21H28ClN5O2. The molecule has 0 spiro atoms. The number of carbonyl (C=O) groups is 2. The zero-order valence-electron chi connectivity index (χ0n) is 16.3. The van der Waals surface area contributed by atoms with Crippen molar-refractivity contribution in [3.63, 3.8) is 0 Å². The molecule has 0 bridgehead atoms. The number of benzene rings is 2. The van der Waals surface area contributed by atoms with Gasteiger partial charge in [0, 0.05) is 12.3 Å². The molecular weight excluding hydrogens is 390 g/mol. The Bertz CT molecular complexity index is 747. The van der Waals surface area contributed by atoms with Crippen LogP contribution in [0.4, 0.5) is 0 Å². The normalized spacial score (nSPS) is 12.9. The lowest BCUT2D eigenvalue weighted by Crippen LogP contribution is -2.47. The number of nitrogens with one attached hydrogen (secondary N) is 2. The lowest BCUT2D eigenvalue weighted by atomic mass is 9.90. The quantitative estimate of drug-likeness (QED) is 0.266. The van der Waals surface area contributed by atoms with Crippen LogP contribution >= 0.6 is 12.4 Å². The van der Waals surface area contributed by atoms with E-state index in [2.05, 4.69) is 15.7 Å². The molecule has 0 aliphatic carbocycles. The zero-order chi connectivity index (χ0) is 20.4. The van der Waals surface area contributed by atoms with Crippen molar-refractivity contribution < 1.29 is 9.59 Å². The Hall–Kier alpha value is -2.90. The molecule has 0 aliphatic heterocycles. The highest BCUT2D eigenvalue weighted by Gasteiger charge is 2.27. The third-order valence-corrected chi connectivity index (χ3v) is 4.59. The molecule has 1 unspecified atom stereocenters. The standard InChI is InChI=1S/C21H27N5O2.ClH/c1-24-17(14-25-23)12-13-18(20(22)27)26-21(28)19(15-8-4-2-5-9-15)16-10-6-3-7-11-16;/h2-11,14,17-19,24H,12-13,23H2,1H3,(H2,22,27)(H,26,28);1H/t17?,18-;/m0./s1. The number of nitrogens with two attached hydrogens (primary N) is 2. The van der Waals surface area contributed by atoms with Crippen molar-refractivity contribution >= 4 is 30.4 Å². The van der Waals surface area contributed by atoms with Crippen LogP contribution in [0.25, 0.3) is 0 Å². The predicted molar refractivity (Wildman–Crippen MR) is 118 cm³/mol. The summed E-state index contributed by atoms with van der Waals surface area (Å²) >= 11 is 0. The summed E-state index contributed by atoms with van der Waals surface area (Å²) in [6.07, 6.45) is 2.47. The minimum atomic E-state index is -0.788. The molecule has 0 saturated heterocycles. The van der Waals surface area contributed by atoms with Crippen LogP contribution in [0.5, 0.6) is 0 Å². The average Bonchev–Trinajstić information content (AvgIpc) is 2.71. The van der Waals surface area contributed by atoms with Gasteiger partial charge in [-0.2, -0.15) is 5.10 Å². The molecule has 0 heterocycles. The first-order valence-corrected chi connectivity index (χ1v) is 9.17. The van der Waals surface area contributed by atoms with Crippen molar-refractivity contribution in [2.45, 2.75) is 30.8 Å². The van der Waals surface area contributed by atoms with Gasteiger partial charge in [-0.25, -0.2) is 0 Å². The SMILES string of the molecule is CNC(C=NN)CC[C@H](NC(=O)C(c1ccccc1)c1ccccc1)C(N)=O.Cl. The number of primary amides is 1. The predicted octanol–water partition coefficient (Wildman–Crippen LogP) is 1.52. The molecule has 0 aromatic heterocycles. The molecule has 2 aromatic carbocycles. The maximum atomic E-state index is 13.1. The van der Waals surface area contributed by atoms with Crippen molar-refractivity contribution in [3.05, 3.63) is 71.8 Å². The van der Waals surface area contributed by atoms with E-state index in [-0.39, 0.29) is 24.4 Å². The first kappa shape index (κ1) is 24.1. The van der Waals surface area contributed by atoms with Gasteiger partial charge < -0.3 is 22.2 Å². The summed E-state index contributed by atoms with van der Waals surface area (Å²) in [6.45, 7) is 0. The van der Waals surface area contributed by atoms with Crippen LogP contribution in [0.2, 0.25) is 0 Å². The van der Waals surface area contributed by atoms with Crippen LogP contribution in [0, 0.1) is 0 Å². The fourth-order valence-electron chi connectivity index (χ4n) is 3.07. The Labute approximate surface area is 177 Å². The first-order chi connectivity index (χ1) is 13.6. The van der Waals surface area contributed by atoms with Crippen molar-refractivity contribution in [2.24, 2.45) is 16.7 Å². The van der Waals surface area contributed by atoms with E-state index in [9.17, 15) is 9.59 Å². The van der Waals surface area contributed by atoms with Gasteiger partial charge in [-0.3, -0.25) is 9.59 Å². The molecule has 0 aliphatic rings. The van der Waals surface area contributed by atoms with E-state index in [1.165, 1.54) is 0 Å². The molecule has 2 rings (SSSR count). The Morgan fingerprint density at radius 3 is 1.93 bits per heavy atom. The van der Waals surface area contributed by atoms with E-state index in [0.29, 0.717) is 12.8 Å². The average molecular weight is 418 g/mol. The number of hydrazone groups is 1. The third kappa shape index (κ3) is 7.21. The molecule has 29 heavy (non-hydrogen) atoms. The number of nitrogens with zero attached hydrogens (tertiary/aromatic N) is 1. The summed E-state index contributed by atoms with van der Waals surface area (Å²) in [7, 11) is 1.77. The smallest absolute Gasteiger partial charge is 0.240 e. The maximum absolute atomic E-state index is 13.1. The highest BCUT2D eigenvalue weighted by molar-refractivity contribution is 5.92. The third-order valence-electron chi connectivity index (χ3n) is 4.59. The molecule has 6 N–H and O–H groups in total. The number of carbonyl (C=O) groups excluding carboxylic acids is 2. The van der Waals surface area contributed by atoms with E-state index in [1.54, 1.807) is 13.3 Å². The summed E-state index contributed by atoms with van der Waals surface area (Å²) in [5, 5.41) is 9.36. The lowest BCUT2D eigenvalue weighted by Gasteiger charge is -2.22. The topological polar surface area (TPSA) is 123 Å². The number of halogens is 1. The molecule has 2 amide bonds. The van der Waals surface area contributed by atoms with Gasteiger partial charge in [0.05, 0.1) is 5.92 Å². The Kier molecular flexibility index (Phi) is 10.4. The van der Waals surface area contributed by atoms with Crippen LogP contribution in [0.3, 0.4) is 0 Å². The van der Waals surface area contributed by atoms with Gasteiger partial charge in [-0.05, 0) is 31.0 Å². The largest absolute Gasteiger partial charge is 0.368 e. The Balaban J connectivity index is 0.00000420. The summed E-state index contributed by atoms with van der Waals surface area (Å²) in [4.78, 5) is 25.0. The van der Waals surface area contributed by atoms with Crippen LogP contribution in [0.15, 0.2) is 65.8 Å². The van der Waals surface area contributed by atoms with Gasteiger partial charge in [0.1, 0.15) is 6.04 Å². The minimum absolute atomic E-state index is 0. The second kappa shape index (κ2) is 12.5. The van der Waals surface area contributed by atoms with Crippen LogP contribution in [0.1, 0.15) is 29.9 Å². The molecule has 156 valence electrons. The van der Waals surface area contributed by atoms with Gasteiger partial charge >= 0.3 is 0 Å².